The Morgan fingerprint density at radius 2 is 1.75 bits per heavy atom. The number of unbranched alkanes of at least 4 members (excludes halogenated alkanes) is 3. The third-order valence-corrected chi connectivity index (χ3v) is 5.10. The van der Waals surface area contributed by atoms with E-state index in [2.05, 4.69) is 12.1 Å². The lowest BCUT2D eigenvalue weighted by Crippen LogP contribution is -2.21. The van der Waals surface area contributed by atoms with E-state index in [4.69, 9.17) is 5.11 Å². The van der Waals surface area contributed by atoms with Gasteiger partial charge in [-0.25, -0.2) is 0 Å². The van der Waals surface area contributed by atoms with Crippen molar-refractivity contribution in [1.29, 1.82) is 0 Å². The Morgan fingerprint density at radius 3 is 2.46 bits per heavy atom. The number of carboxylic acids is 1. The van der Waals surface area contributed by atoms with Crippen LogP contribution < -0.4 is 0 Å². The lowest BCUT2D eigenvalue weighted by Gasteiger charge is -2.21. The molecule has 0 aromatic heterocycles. The van der Waals surface area contributed by atoms with Gasteiger partial charge in [0, 0.05) is 18.8 Å². The number of carboxylic acid groups (broad SMARTS) is 1. The van der Waals surface area contributed by atoms with Gasteiger partial charge in [-0.05, 0) is 37.2 Å². The summed E-state index contributed by atoms with van der Waals surface area (Å²) in [5.41, 5.74) is 1.24. The first-order valence-corrected chi connectivity index (χ1v) is 9.04. The van der Waals surface area contributed by atoms with Gasteiger partial charge >= 0.3 is 5.97 Å². The van der Waals surface area contributed by atoms with Crippen LogP contribution in [0.4, 0.5) is 0 Å². The van der Waals surface area contributed by atoms with Crippen molar-refractivity contribution >= 4 is 11.8 Å². The highest BCUT2D eigenvalue weighted by Crippen LogP contribution is 2.36. The zero-order valence-corrected chi connectivity index (χ0v) is 14.2. The summed E-state index contributed by atoms with van der Waals surface area (Å²) in [6, 6.07) is 10.2. The fourth-order valence-corrected chi connectivity index (χ4v) is 3.76. The summed E-state index contributed by atoms with van der Waals surface area (Å²) in [5.74, 6) is -0.498. The Morgan fingerprint density at radius 1 is 1.04 bits per heavy atom. The van der Waals surface area contributed by atoms with E-state index in [0.717, 1.165) is 38.5 Å². The summed E-state index contributed by atoms with van der Waals surface area (Å²) in [6.45, 7) is 0. The van der Waals surface area contributed by atoms with Gasteiger partial charge < -0.3 is 10.2 Å². The molecular weight excluding hydrogens is 304 g/mol. The molecule has 3 atom stereocenters. The average Bonchev–Trinajstić information content (AvgIpc) is 2.83. The van der Waals surface area contributed by atoms with Crippen LogP contribution in [0.2, 0.25) is 0 Å². The molecule has 24 heavy (non-hydrogen) atoms. The van der Waals surface area contributed by atoms with Gasteiger partial charge in [0.1, 0.15) is 5.78 Å². The number of carbonyl (C=O) groups excluding carboxylic acids is 1. The minimum atomic E-state index is -0.743. The highest BCUT2D eigenvalue weighted by molar-refractivity contribution is 5.84. The van der Waals surface area contributed by atoms with E-state index in [9.17, 15) is 14.7 Å². The van der Waals surface area contributed by atoms with Crippen LogP contribution in [0, 0.1) is 11.8 Å². The number of hydrogen-bond donors (Lipinski definition) is 2. The van der Waals surface area contributed by atoms with E-state index in [1.165, 1.54) is 5.56 Å². The van der Waals surface area contributed by atoms with Gasteiger partial charge in [-0.2, -0.15) is 0 Å². The molecule has 1 saturated carbocycles. The summed E-state index contributed by atoms with van der Waals surface area (Å²) in [4.78, 5) is 22.7. The predicted octanol–water partition coefficient (Wildman–Crippen LogP) is 3.61. The van der Waals surface area contributed by atoms with E-state index in [1.807, 2.05) is 18.2 Å². The number of benzene rings is 1. The highest BCUT2D eigenvalue weighted by atomic mass is 16.4. The summed E-state index contributed by atoms with van der Waals surface area (Å²) < 4.78 is 0. The smallest absolute Gasteiger partial charge is 0.303 e. The zero-order valence-electron chi connectivity index (χ0n) is 14.2. The normalized spacial score (nSPS) is 23.5. The lowest BCUT2D eigenvalue weighted by molar-refractivity contribution is -0.137. The molecule has 4 heteroatoms. The molecule has 1 aromatic carbocycles. The van der Waals surface area contributed by atoms with Crippen molar-refractivity contribution in [3.63, 3.8) is 0 Å². The van der Waals surface area contributed by atoms with E-state index in [-0.39, 0.29) is 24.0 Å². The van der Waals surface area contributed by atoms with E-state index < -0.39 is 12.1 Å². The number of Topliss-reactive ketones (excluding diaryl/α,β-unsaturated/α-hetero) is 1. The second-order valence-corrected chi connectivity index (χ2v) is 6.88. The lowest BCUT2D eigenvalue weighted by atomic mass is 9.85. The first kappa shape index (κ1) is 18.7. The van der Waals surface area contributed by atoms with Crippen molar-refractivity contribution in [3.8, 4) is 0 Å². The monoisotopic (exact) mass is 332 g/mol. The summed E-state index contributed by atoms with van der Waals surface area (Å²) >= 11 is 0. The molecule has 0 saturated heterocycles. The van der Waals surface area contributed by atoms with Crippen molar-refractivity contribution < 1.29 is 19.8 Å². The number of aryl methyl sites for hydroxylation is 1. The maximum absolute atomic E-state index is 12.2. The molecule has 2 N–H and O–H groups in total. The molecule has 0 aliphatic heterocycles. The van der Waals surface area contributed by atoms with Crippen LogP contribution in [0.5, 0.6) is 0 Å². The van der Waals surface area contributed by atoms with E-state index in [1.54, 1.807) is 0 Å². The molecule has 1 fully saturated rings. The van der Waals surface area contributed by atoms with Gasteiger partial charge in [-0.3, -0.25) is 9.59 Å². The third-order valence-electron chi connectivity index (χ3n) is 5.10. The Labute approximate surface area is 143 Å². The van der Waals surface area contributed by atoms with Crippen LogP contribution in [0.3, 0.4) is 0 Å². The maximum Gasteiger partial charge on any atom is 0.303 e. The molecule has 0 spiro atoms. The van der Waals surface area contributed by atoms with Crippen LogP contribution >= 0.6 is 0 Å². The number of hydrogen-bond acceptors (Lipinski definition) is 3. The molecule has 0 bridgehead atoms. The number of rotatable bonds is 10. The zero-order chi connectivity index (χ0) is 17.4. The molecule has 1 aromatic rings. The first-order valence-electron chi connectivity index (χ1n) is 9.04. The fraction of sp³-hybridized carbons (Fsp3) is 0.600. The third kappa shape index (κ3) is 5.75. The van der Waals surface area contributed by atoms with Gasteiger partial charge in [-0.1, -0.05) is 49.6 Å². The van der Waals surface area contributed by atoms with Crippen molar-refractivity contribution in [2.75, 3.05) is 0 Å². The van der Waals surface area contributed by atoms with Crippen LogP contribution in [-0.4, -0.2) is 28.1 Å². The molecule has 0 heterocycles. The number of carbonyl (C=O) groups is 2. The van der Waals surface area contributed by atoms with Crippen molar-refractivity contribution in [3.05, 3.63) is 35.9 Å². The van der Waals surface area contributed by atoms with Crippen molar-refractivity contribution in [1.82, 2.24) is 0 Å². The van der Waals surface area contributed by atoms with Gasteiger partial charge in [0.15, 0.2) is 0 Å². The van der Waals surface area contributed by atoms with E-state index >= 15 is 0 Å². The molecule has 1 aliphatic rings. The summed E-state index contributed by atoms with van der Waals surface area (Å²) in [5, 5.41) is 18.8. The minimum Gasteiger partial charge on any atom is -0.481 e. The van der Waals surface area contributed by atoms with Gasteiger partial charge in [-0.15, -0.1) is 0 Å². The van der Waals surface area contributed by atoms with Crippen molar-refractivity contribution in [2.45, 2.75) is 63.9 Å². The highest BCUT2D eigenvalue weighted by Gasteiger charge is 2.40. The Balaban J connectivity index is 1.76. The molecule has 2 rings (SSSR count). The minimum absolute atomic E-state index is 0.0285. The van der Waals surface area contributed by atoms with Crippen LogP contribution in [0.25, 0.3) is 0 Å². The van der Waals surface area contributed by atoms with Gasteiger partial charge in [0.05, 0.1) is 6.10 Å². The number of aliphatic carboxylic acids is 1. The van der Waals surface area contributed by atoms with Crippen LogP contribution in [-0.2, 0) is 16.0 Å². The van der Waals surface area contributed by atoms with Crippen molar-refractivity contribution in [2.24, 2.45) is 11.8 Å². The molecule has 0 radical (unpaired) electrons. The second kappa shape index (κ2) is 9.58. The number of ketones is 1. The SMILES string of the molecule is O=C(O)CCCCCC[C@H]1C(O)CC(=O)[C@@H]1CCc1ccccc1. The summed E-state index contributed by atoms with van der Waals surface area (Å²) in [7, 11) is 0. The molecule has 4 nitrogen and oxygen atoms in total. The first-order chi connectivity index (χ1) is 11.6. The average molecular weight is 332 g/mol. The molecule has 1 unspecified atom stereocenters. The molecule has 132 valence electrons. The molecular formula is C20H28O4. The Bertz CT molecular complexity index is 526. The topological polar surface area (TPSA) is 74.6 Å². The standard InChI is InChI=1S/C20H28O4/c21-18-14-19(22)17(13-12-15-8-4-3-5-9-15)16(18)10-6-1-2-7-11-20(23)24/h3-5,8-9,16-18,21H,1-2,6-7,10-14H2,(H,23,24)/t16-,17-,18?/m1/s1. The fourth-order valence-electron chi connectivity index (χ4n) is 3.76. The summed E-state index contributed by atoms with van der Waals surface area (Å²) in [6.07, 6.45) is 6.09. The Hall–Kier alpha value is -1.68. The predicted molar refractivity (Wildman–Crippen MR) is 92.7 cm³/mol. The van der Waals surface area contributed by atoms with E-state index in [0.29, 0.717) is 12.8 Å². The second-order valence-electron chi connectivity index (χ2n) is 6.88. The Kier molecular flexibility index (Phi) is 7.44. The molecule has 1 aliphatic carbocycles. The number of aliphatic hydroxyl groups is 1. The van der Waals surface area contributed by atoms with Gasteiger partial charge in [0.2, 0.25) is 0 Å². The molecule has 0 amide bonds. The van der Waals surface area contributed by atoms with Crippen LogP contribution in [0.15, 0.2) is 30.3 Å². The van der Waals surface area contributed by atoms with Gasteiger partial charge in [0.25, 0.3) is 0 Å². The maximum atomic E-state index is 12.2. The largest absolute Gasteiger partial charge is 0.481 e. The van der Waals surface area contributed by atoms with Crippen LogP contribution in [0.1, 0.15) is 56.9 Å². The quantitative estimate of drug-likeness (QED) is 0.642. The number of aliphatic hydroxyl groups excluding tert-OH is 1.